The summed E-state index contributed by atoms with van der Waals surface area (Å²) in [6.45, 7) is 9.63. The molecule has 3 N–H and O–H groups in total. The molecule has 0 radical (unpaired) electrons. The molecule has 0 amide bonds. The lowest BCUT2D eigenvalue weighted by Crippen LogP contribution is -2.30. The van der Waals surface area contributed by atoms with Crippen LogP contribution < -0.4 is 0 Å². The van der Waals surface area contributed by atoms with Gasteiger partial charge in [0.05, 0.1) is 26.4 Å². The van der Waals surface area contributed by atoms with Gasteiger partial charge in [-0.3, -0.25) is 37.3 Å². The molecule has 0 aromatic carbocycles. The van der Waals surface area contributed by atoms with E-state index in [-0.39, 0.29) is 25.7 Å². The molecule has 0 bridgehead atoms. The molecule has 0 aliphatic rings. The number of ether oxygens (including phenoxy) is 4. The largest absolute Gasteiger partial charge is 0.472 e. The summed E-state index contributed by atoms with van der Waals surface area (Å²) in [7, 11) is -9.92. The molecule has 0 saturated heterocycles. The molecule has 5 atom stereocenters. The molecule has 0 heterocycles. The van der Waals surface area contributed by atoms with E-state index < -0.39 is 97.5 Å². The molecular weight excluding hydrogens is 1330 g/mol. The maximum atomic E-state index is 13.1. The minimum absolute atomic E-state index is 0.108. The Balaban J connectivity index is 5.23. The van der Waals surface area contributed by atoms with Crippen molar-refractivity contribution in [3.63, 3.8) is 0 Å². The van der Waals surface area contributed by atoms with Crippen molar-refractivity contribution in [2.75, 3.05) is 39.6 Å². The van der Waals surface area contributed by atoms with Crippen molar-refractivity contribution in [3.05, 3.63) is 0 Å². The second-order valence-corrected chi connectivity index (χ2v) is 33.7. The van der Waals surface area contributed by atoms with E-state index in [2.05, 4.69) is 41.5 Å². The maximum Gasteiger partial charge on any atom is 0.472 e. The first-order chi connectivity index (χ1) is 49.4. The van der Waals surface area contributed by atoms with Gasteiger partial charge in [0.25, 0.3) is 0 Å². The van der Waals surface area contributed by atoms with Crippen molar-refractivity contribution in [2.45, 2.75) is 458 Å². The molecule has 0 rings (SSSR count). The number of aliphatic hydroxyl groups is 1. The van der Waals surface area contributed by atoms with Gasteiger partial charge < -0.3 is 33.8 Å². The van der Waals surface area contributed by atoms with Crippen LogP contribution in [0.5, 0.6) is 0 Å². The maximum absolute atomic E-state index is 13.1. The van der Waals surface area contributed by atoms with Crippen LogP contribution in [0.15, 0.2) is 0 Å². The van der Waals surface area contributed by atoms with Gasteiger partial charge in [-0.15, -0.1) is 0 Å². The molecule has 2 unspecified atom stereocenters. The van der Waals surface area contributed by atoms with Crippen molar-refractivity contribution in [1.29, 1.82) is 0 Å². The molecule has 0 aliphatic carbocycles. The van der Waals surface area contributed by atoms with Crippen LogP contribution in [0, 0.1) is 11.8 Å². The molecule has 606 valence electrons. The molecule has 19 heteroatoms. The van der Waals surface area contributed by atoms with E-state index in [1.54, 1.807) is 0 Å². The number of aliphatic hydroxyl groups excluding tert-OH is 1. The zero-order chi connectivity index (χ0) is 74.9. The number of hydrogen-bond donors (Lipinski definition) is 3. The monoisotopic (exact) mass is 1490 g/mol. The third-order valence-corrected chi connectivity index (χ3v) is 21.4. The predicted molar refractivity (Wildman–Crippen MR) is 418 cm³/mol. The van der Waals surface area contributed by atoms with Gasteiger partial charge in [-0.05, 0) is 37.5 Å². The number of unbranched alkanes of at least 4 members (excludes halogenated alkanes) is 52. The van der Waals surface area contributed by atoms with Gasteiger partial charge in [-0.2, -0.15) is 0 Å². The predicted octanol–water partition coefficient (Wildman–Crippen LogP) is 25.1. The summed E-state index contributed by atoms with van der Waals surface area (Å²) in [6.07, 6.45) is 65.3. The van der Waals surface area contributed by atoms with Crippen LogP contribution in [0.3, 0.4) is 0 Å². The molecule has 102 heavy (non-hydrogen) atoms. The number of hydrogen-bond acceptors (Lipinski definition) is 15. The highest BCUT2D eigenvalue weighted by atomic mass is 31.2. The number of carbonyl (C=O) groups excluding carboxylic acids is 4. The highest BCUT2D eigenvalue weighted by Gasteiger charge is 2.30. The Morgan fingerprint density at radius 3 is 0.667 bits per heavy atom. The number of esters is 4. The molecule has 0 aromatic heterocycles. The second kappa shape index (κ2) is 74.5. The summed E-state index contributed by atoms with van der Waals surface area (Å²) < 4.78 is 68.8. The third kappa shape index (κ3) is 76.3. The summed E-state index contributed by atoms with van der Waals surface area (Å²) in [5.41, 5.74) is 0. The van der Waals surface area contributed by atoms with Crippen molar-refractivity contribution in [3.8, 4) is 0 Å². The van der Waals surface area contributed by atoms with E-state index in [9.17, 15) is 43.2 Å². The summed E-state index contributed by atoms with van der Waals surface area (Å²) in [5, 5.41) is 10.7. The number of carbonyl (C=O) groups is 4. The van der Waals surface area contributed by atoms with E-state index >= 15 is 0 Å². The molecule has 0 fully saturated rings. The molecule has 0 spiro atoms. The average Bonchev–Trinajstić information content (AvgIpc) is 0.918. The zero-order valence-corrected chi connectivity index (χ0v) is 68.7. The summed E-state index contributed by atoms with van der Waals surface area (Å²) in [6, 6.07) is 0. The molecule has 0 aromatic rings. The topological polar surface area (TPSA) is 237 Å². The normalized spacial score (nSPS) is 13.9. The SMILES string of the molecule is CCCCCCCCCCCCCCCCCCCCCC(=O)O[C@H](COC(=O)CCCCCCCCCCCCCCCCCC(C)C)COP(=O)(O)OC[C@@H](O)COP(=O)(O)OC[C@@H](COC(=O)CCCCCCCCCC(C)C)OC(=O)CCCCCCCCCCCCCCCCC. The average molecular weight is 1490 g/mol. The molecule has 0 aliphatic heterocycles. The minimum Gasteiger partial charge on any atom is -0.462 e. The quantitative estimate of drug-likeness (QED) is 0.0222. The van der Waals surface area contributed by atoms with Crippen molar-refractivity contribution in [2.24, 2.45) is 11.8 Å². The Labute approximate surface area is 626 Å². The van der Waals surface area contributed by atoms with Gasteiger partial charge in [0.1, 0.15) is 19.3 Å². The number of phosphoric ester groups is 2. The van der Waals surface area contributed by atoms with Gasteiger partial charge >= 0.3 is 39.5 Å². The Kier molecular flexibility index (Phi) is 73.1. The summed E-state index contributed by atoms with van der Waals surface area (Å²) in [5.74, 6) is -0.594. The number of rotatable bonds is 82. The van der Waals surface area contributed by atoms with Gasteiger partial charge in [0.2, 0.25) is 0 Å². The van der Waals surface area contributed by atoms with Crippen LogP contribution >= 0.6 is 15.6 Å². The molecule has 0 saturated carbocycles. The summed E-state index contributed by atoms with van der Waals surface area (Å²) >= 11 is 0. The lowest BCUT2D eigenvalue weighted by Gasteiger charge is -2.21. The van der Waals surface area contributed by atoms with Gasteiger partial charge in [-0.25, -0.2) is 9.13 Å². The van der Waals surface area contributed by atoms with Crippen LogP contribution in [0.1, 0.15) is 440 Å². The Hall–Kier alpha value is -1.94. The first-order valence-electron chi connectivity index (χ1n) is 43.0. The standard InChI is InChI=1S/C83H162O17P2/c1-7-9-11-13-15-17-19-21-23-24-25-26-30-35-39-43-49-56-62-68-82(87)99-78(71-93-80(85)65-59-53-47-41-37-33-31-27-29-32-36-40-45-51-57-63-75(3)4)73-97-101(89,90)95-69-77(84)70-96-102(91,92)98-74-79(72-94-81(86)66-60-54-50-44-46-52-58-64-76(5)6)100-83(88)67-61-55-48-42-38-34-28-22-20-18-16-14-12-10-8-2/h75-79,84H,7-74H2,1-6H3,(H,89,90)(H,91,92)/t77-,78-,79-/m1/s1. The fraction of sp³-hybridized carbons (Fsp3) is 0.952. The minimum atomic E-state index is -4.96. The zero-order valence-electron chi connectivity index (χ0n) is 66.9. The second-order valence-electron chi connectivity index (χ2n) is 30.8. The van der Waals surface area contributed by atoms with Crippen LogP contribution in [0.25, 0.3) is 0 Å². The van der Waals surface area contributed by atoms with E-state index in [1.165, 1.54) is 250 Å². The fourth-order valence-electron chi connectivity index (χ4n) is 12.9. The highest BCUT2D eigenvalue weighted by Crippen LogP contribution is 2.45. The lowest BCUT2D eigenvalue weighted by atomic mass is 10.0. The van der Waals surface area contributed by atoms with E-state index in [0.717, 1.165) is 102 Å². The van der Waals surface area contributed by atoms with E-state index in [4.69, 9.17) is 37.0 Å². The summed E-state index contributed by atoms with van der Waals surface area (Å²) in [4.78, 5) is 73.1. The Bertz CT molecular complexity index is 1960. The first kappa shape index (κ1) is 100. The van der Waals surface area contributed by atoms with Crippen molar-refractivity contribution in [1.82, 2.24) is 0 Å². The molecule has 17 nitrogen and oxygen atoms in total. The van der Waals surface area contributed by atoms with Crippen LogP contribution in [0.4, 0.5) is 0 Å². The Morgan fingerprint density at radius 2 is 0.451 bits per heavy atom. The fourth-order valence-corrected chi connectivity index (χ4v) is 14.5. The van der Waals surface area contributed by atoms with Crippen LogP contribution in [-0.2, 0) is 65.4 Å². The lowest BCUT2D eigenvalue weighted by molar-refractivity contribution is -0.161. The van der Waals surface area contributed by atoms with E-state index in [1.807, 2.05) is 0 Å². The molecular formula is C83H162O17P2. The van der Waals surface area contributed by atoms with Gasteiger partial charge in [0.15, 0.2) is 12.2 Å². The smallest absolute Gasteiger partial charge is 0.462 e. The van der Waals surface area contributed by atoms with Crippen LogP contribution in [-0.4, -0.2) is 96.7 Å². The Morgan fingerprint density at radius 1 is 0.265 bits per heavy atom. The van der Waals surface area contributed by atoms with Crippen molar-refractivity contribution >= 4 is 39.5 Å². The van der Waals surface area contributed by atoms with E-state index in [0.29, 0.717) is 31.6 Å². The van der Waals surface area contributed by atoms with Gasteiger partial charge in [0, 0.05) is 25.7 Å². The van der Waals surface area contributed by atoms with Crippen molar-refractivity contribution < 1.29 is 80.2 Å². The highest BCUT2D eigenvalue weighted by molar-refractivity contribution is 7.47. The third-order valence-electron chi connectivity index (χ3n) is 19.5. The van der Waals surface area contributed by atoms with Crippen LogP contribution in [0.2, 0.25) is 0 Å². The van der Waals surface area contributed by atoms with Gasteiger partial charge in [-0.1, -0.05) is 388 Å². The first-order valence-corrected chi connectivity index (χ1v) is 46.0. The number of phosphoric acid groups is 2.